The zero-order chi connectivity index (χ0) is 20.2. The van der Waals surface area contributed by atoms with Crippen LogP contribution in [0.15, 0.2) is 29.3 Å². The Hall–Kier alpha value is -2.28. The summed E-state index contributed by atoms with van der Waals surface area (Å²) in [5.74, 6) is 2.79. The number of aliphatic imine (C=N–C) groups is 1. The summed E-state index contributed by atoms with van der Waals surface area (Å²) in [5, 5.41) is 5.87. The molecule has 154 valence electrons. The normalized spacial score (nSPS) is 10.3. The Labute approximate surface area is 185 Å². The molecule has 0 radical (unpaired) electrons. The molecule has 1 aromatic rings. The van der Waals surface area contributed by atoms with Crippen LogP contribution in [0.1, 0.15) is 26.3 Å². The van der Waals surface area contributed by atoms with Crippen molar-refractivity contribution in [2.75, 3.05) is 45.1 Å². The van der Waals surface area contributed by atoms with E-state index in [0.29, 0.717) is 36.8 Å². The molecule has 8 heteroatoms. The largest absolute Gasteiger partial charge is 0.356 e. The molecule has 0 aliphatic carbocycles. The first kappa shape index (κ1) is 25.7. The van der Waals surface area contributed by atoms with Crippen molar-refractivity contribution in [3.05, 3.63) is 29.8 Å². The lowest BCUT2D eigenvalue weighted by Gasteiger charge is -2.25. The first-order valence-electron chi connectivity index (χ1n) is 9.08. The maximum Gasteiger partial charge on any atom is 0.246 e. The number of guanidine groups is 1. The zero-order valence-corrected chi connectivity index (χ0v) is 19.3. The second-order valence-corrected chi connectivity index (χ2v) is 5.87. The summed E-state index contributed by atoms with van der Waals surface area (Å²) in [4.78, 5) is 32.2. The topological polar surface area (TPSA) is 77.0 Å². The number of nitrogens with one attached hydrogen (secondary N) is 2. The van der Waals surface area contributed by atoms with Crippen molar-refractivity contribution in [1.29, 1.82) is 0 Å². The van der Waals surface area contributed by atoms with Crippen LogP contribution >= 0.6 is 24.0 Å². The van der Waals surface area contributed by atoms with Gasteiger partial charge in [-0.1, -0.05) is 12.0 Å². The lowest BCUT2D eigenvalue weighted by molar-refractivity contribution is -0.131. The zero-order valence-electron chi connectivity index (χ0n) is 17.0. The summed E-state index contributed by atoms with van der Waals surface area (Å²) in [6.07, 6.45) is 5.37. The summed E-state index contributed by atoms with van der Waals surface area (Å²) in [6.45, 7) is 7.91. The summed E-state index contributed by atoms with van der Waals surface area (Å²) >= 11 is 0. The minimum atomic E-state index is -0.261. The van der Waals surface area contributed by atoms with Crippen LogP contribution in [0, 0.1) is 12.3 Å². The lowest BCUT2D eigenvalue weighted by Crippen LogP contribution is -2.46. The fraction of sp³-hybridized carbons (Fsp3) is 0.450. The number of halogens is 1. The highest BCUT2D eigenvalue weighted by molar-refractivity contribution is 14.0. The molecule has 2 N–H and O–H groups in total. The van der Waals surface area contributed by atoms with E-state index in [2.05, 4.69) is 21.5 Å². The summed E-state index contributed by atoms with van der Waals surface area (Å²) in [6, 6.07) is 7.06. The standard InChI is InChI=1S/C20H29N5O2.HI/c1-6-16-11-10-12-17(13-16)23-18(26)14-22-20(21-7-2)24(5)15-19(27)25(8-3)9-4;/h1,10-13H,7-9,14-15H2,2-5H3,(H,21,22)(H,23,26);1H. The molecule has 0 aliphatic heterocycles. The van der Waals surface area contributed by atoms with Gasteiger partial charge < -0.3 is 20.4 Å². The number of hydrogen-bond acceptors (Lipinski definition) is 3. The van der Waals surface area contributed by atoms with Crippen molar-refractivity contribution >= 4 is 47.4 Å². The van der Waals surface area contributed by atoms with E-state index in [0.717, 1.165) is 0 Å². The van der Waals surface area contributed by atoms with Crippen molar-refractivity contribution in [3.8, 4) is 12.3 Å². The van der Waals surface area contributed by atoms with E-state index in [-0.39, 0.29) is 48.9 Å². The Kier molecular flexibility index (Phi) is 12.7. The van der Waals surface area contributed by atoms with Crippen LogP contribution in [0.25, 0.3) is 0 Å². The molecule has 0 unspecified atom stereocenters. The maximum absolute atomic E-state index is 12.3. The summed E-state index contributed by atoms with van der Waals surface area (Å²) in [7, 11) is 1.77. The maximum atomic E-state index is 12.3. The molecule has 0 bridgehead atoms. The fourth-order valence-electron chi connectivity index (χ4n) is 2.46. The van der Waals surface area contributed by atoms with E-state index in [1.165, 1.54) is 0 Å². The van der Waals surface area contributed by atoms with Crippen LogP contribution in [0.5, 0.6) is 0 Å². The van der Waals surface area contributed by atoms with Gasteiger partial charge in [0.25, 0.3) is 0 Å². The molecule has 2 amide bonds. The number of anilines is 1. The van der Waals surface area contributed by atoms with E-state index in [1.54, 1.807) is 41.1 Å². The first-order valence-corrected chi connectivity index (χ1v) is 9.08. The average molecular weight is 499 g/mol. The van der Waals surface area contributed by atoms with E-state index in [1.807, 2.05) is 20.8 Å². The van der Waals surface area contributed by atoms with Gasteiger partial charge in [0.15, 0.2) is 5.96 Å². The highest BCUT2D eigenvalue weighted by Crippen LogP contribution is 2.09. The number of nitrogens with zero attached hydrogens (tertiary/aromatic N) is 3. The number of hydrogen-bond donors (Lipinski definition) is 2. The minimum absolute atomic E-state index is 0. The molecule has 0 saturated carbocycles. The van der Waals surface area contributed by atoms with Gasteiger partial charge in [-0.25, -0.2) is 4.99 Å². The number of rotatable bonds is 8. The molecule has 0 saturated heterocycles. The Morgan fingerprint density at radius 2 is 1.89 bits per heavy atom. The number of likely N-dealkylation sites (N-methyl/N-ethyl adjacent to an activating group) is 2. The highest BCUT2D eigenvalue weighted by atomic mass is 127. The van der Waals surface area contributed by atoms with Gasteiger partial charge in [-0.15, -0.1) is 30.4 Å². The first-order chi connectivity index (χ1) is 12.9. The number of terminal acetylenes is 1. The third-order valence-corrected chi connectivity index (χ3v) is 3.87. The molecule has 0 fully saturated rings. The van der Waals surface area contributed by atoms with E-state index in [4.69, 9.17) is 6.42 Å². The SMILES string of the molecule is C#Cc1cccc(NC(=O)CN=C(NCC)N(C)CC(=O)N(CC)CC)c1.I. The Bertz CT molecular complexity index is 711. The van der Waals surface area contributed by atoms with Gasteiger partial charge in [-0.3, -0.25) is 9.59 Å². The second-order valence-electron chi connectivity index (χ2n) is 5.87. The van der Waals surface area contributed by atoms with Crippen LogP contribution in [0.3, 0.4) is 0 Å². The number of carbonyl (C=O) groups is 2. The predicted octanol–water partition coefficient (Wildman–Crippen LogP) is 1.99. The van der Waals surface area contributed by atoms with Crippen molar-refractivity contribution in [1.82, 2.24) is 15.1 Å². The molecular formula is C20H30IN5O2. The van der Waals surface area contributed by atoms with Crippen molar-refractivity contribution in [2.45, 2.75) is 20.8 Å². The van der Waals surface area contributed by atoms with Crippen LogP contribution in [-0.2, 0) is 9.59 Å². The van der Waals surface area contributed by atoms with Gasteiger partial charge in [0, 0.05) is 37.9 Å². The molecule has 0 heterocycles. The monoisotopic (exact) mass is 499 g/mol. The summed E-state index contributed by atoms with van der Waals surface area (Å²) < 4.78 is 0. The van der Waals surface area contributed by atoms with Crippen molar-refractivity contribution in [2.24, 2.45) is 4.99 Å². The molecule has 0 aliphatic rings. The predicted molar refractivity (Wildman–Crippen MR) is 125 cm³/mol. The average Bonchev–Trinajstić information content (AvgIpc) is 2.66. The third-order valence-electron chi connectivity index (χ3n) is 3.87. The van der Waals surface area contributed by atoms with Crippen LogP contribution < -0.4 is 10.6 Å². The molecule has 28 heavy (non-hydrogen) atoms. The van der Waals surface area contributed by atoms with E-state index in [9.17, 15) is 9.59 Å². The number of benzene rings is 1. The molecule has 0 atom stereocenters. The van der Waals surface area contributed by atoms with E-state index < -0.39 is 0 Å². The Morgan fingerprint density at radius 3 is 2.46 bits per heavy atom. The third kappa shape index (κ3) is 8.61. The molecule has 7 nitrogen and oxygen atoms in total. The van der Waals surface area contributed by atoms with Gasteiger partial charge in [-0.05, 0) is 39.0 Å². The fourth-order valence-corrected chi connectivity index (χ4v) is 2.46. The smallest absolute Gasteiger partial charge is 0.246 e. The summed E-state index contributed by atoms with van der Waals surface area (Å²) in [5.41, 5.74) is 1.32. The number of carbonyl (C=O) groups excluding carboxylic acids is 2. The quantitative estimate of drug-likeness (QED) is 0.248. The molecule has 1 rings (SSSR count). The highest BCUT2D eigenvalue weighted by Gasteiger charge is 2.15. The lowest BCUT2D eigenvalue weighted by atomic mass is 10.2. The minimum Gasteiger partial charge on any atom is -0.356 e. The van der Waals surface area contributed by atoms with E-state index >= 15 is 0 Å². The van der Waals surface area contributed by atoms with Gasteiger partial charge in [-0.2, -0.15) is 0 Å². The molecular weight excluding hydrogens is 469 g/mol. The number of amides is 2. The van der Waals surface area contributed by atoms with Gasteiger partial charge >= 0.3 is 0 Å². The molecule has 0 aromatic heterocycles. The van der Waals surface area contributed by atoms with Crippen LogP contribution in [-0.4, -0.2) is 67.3 Å². The van der Waals surface area contributed by atoms with Crippen LogP contribution in [0.4, 0.5) is 5.69 Å². The van der Waals surface area contributed by atoms with Gasteiger partial charge in [0.05, 0.1) is 6.54 Å². The molecule has 0 spiro atoms. The van der Waals surface area contributed by atoms with Crippen molar-refractivity contribution in [3.63, 3.8) is 0 Å². The Morgan fingerprint density at radius 1 is 1.21 bits per heavy atom. The molecule has 1 aromatic carbocycles. The Balaban J connectivity index is 0.00000729. The van der Waals surface area contributed by atoms with Gasteiger partial charge in [0.1, 0.15) is 6.54 Å². The second kappa shape index (κ2) is 13.8. The van der Waals surface area contributed by atoms with Crippen molar-refractivity contribution < 1.29 is 9.59 Å². The van der Waals surface area contributed by atoms with Crippen LogP contribution in [0.2, 0.25) is 0 Å². The van der Waals surface area contributed by atoms with Gasteiger partial charge in [0.2, 0.25) is 11.8 Å².